The zero-order valence-electron chi connectivity index (χ0n) is 4.40. The number of hydrogen-bond acceptors (Lipinski definition) is 2. The topological polar surface area (TPSA) is 12.0 Å². The van der Waals surface area contributed by atoms with Gasteiger partial charge in [0.05, 0.1) is 0 Å². The summed E-state index contributed by atoms with van der Waals surface area (Å²) < 4.78 is 25.1. The van der Waals surface area contributed by atoms with Crippen molar-refractivity contribution in [3.05, 3.63) is 0 Å². The van der Waals surface area contributed by atoms with Crippen LogP contribution in [0, 0.1) is 0 Å². The van der Waals surface area contributed by atoms with Gasteiger partial charge in [0.25, 0.3) is 0 Å². The molecule has 0 aliphatic carbocycles. The molecule has 0 rings (SSSR count). The fourth-order valence-corrected chi connectivity index (χ4v) is 0.494. The van der Waals surface area contributed by atoms with Gasteiger partial charge in [-0.2, -0.15) is 0 Å². The molecule has 0 amide bonds. The van der Waals surface area contributed by atoms with Crippen LogP contribution >= 0.6 is 12.8 Å². The second-order valence-corrected chi connectivity index (χ2v) is 1.76. The highest BCUT2D eigenvalue weighted by molar-refractivity contribution is 7.78. The summed E-state index contributed by atoms with van der Waals surface area (Å²) in [6.07, 6.45) is -1.72. The Morgan fingerprint density at radius 3 is 2.50 bits per heavy atom. The molecule has 0 aliphatic heterocycles. The van der Waals surface area contributed by atoms with E-state index in [2.05, 4.69) is 17.5 Å². The van der Waals surface area contributed by atoms with Crippen molar-refractivity contribution in [2.75, 3.05) is 6.54 Å². The Labute approximate surface area is 53.0 Å². The third-order valence-electron chi connectivity index (χ3n) is 0.711. The number of thiol groups is 1. The molecule has 0 heterocycles. The molecule has 0 spiro atoms. The monoisotopic (exact) mass is 141 g/mol. The van der Waals surface area contributed by atoms with Gasteiger partial charge >= 0.3 is 0 Å². The summed E-state index contributed by atoms with van der Waals surface area (Å²) in [6.45, 7) is 0.549. The number of nitrogens with one attached hydrogen (secondary N) is 1. The largest absolute Gasteiger partial charge is 0.267 e. The van der Waals surface area contributed by atoms with Crippen LogP contribution in [0.4, 0.5) is 8.78 Å². The van der Waals surface area contributed by atoms with Crippen molar-refractivity contribution in [1.82, 2.24) is 4.72 Å². The molecule has 1 N–H and O–H groups in total. The van der Waals surface area contributed by atoms with Gasteiger partial charge in [0.2, 0.25) is 6.43 Å². The molecule has 0 fully saturated rings. The van der Waals surface area contributed by atoms with Crippen LogP contribution in [-0.2, 0) is 0 Å². The molecule has 0 aromatic rings. The van der Waals surface area contributed by atoms with Gasteiger partial charge < -0.3 is 0 Å². The van der Waals surface area contributed by atoms with Gasteiger partial charge in [-0.1, -0.05) is 12.8 Å². The van der Waals surface area contributed by atoms with Crippen molar-refractivity contribution in [2.24, 2.45) is 0 Å². The lowest BCUT2D eigenvalue weighted by Crippen LogP contribution is -2.02. The fourth-order valence-electron chi connectivity index (χ4n) is 0.335. The fraction of sp³-hybridized carbons (Fsp3) is 1.00. The van der Waals surface area contributed by atoms with Crippen LogP contribution in [0.1, 0.15) is 12.8 Å². The average Bonchev–Trinajstić information content (AvgIpc) is 1.66. The third kappa shape index (κ3) is 6.17. The lowest BCUT2D eigenvalue weighted by Gasteiger charge is -1.95. The SMILES string of the molecule is FC(F)CCCNS. The molecule has 0 aliphatic rings. The zero-order chi connectivity index (χ0) is 6.41. The molecule has 8 heavy (non-hydrogen) atoms. The molecule has 0 saturated carbocycles. The molecule has 0 atom stereocenters. The van der Waals surface area contributed by atoms with Crippen molar-refractivity contribution in [1.29, 1.82) is 0 Å². The summed E-state index contributed by atoms with van der Waals surface area (Å²) in [5, 5.41) is 0. The summed E-state index contributed by atoms with van der Waals surface area (Å²) in [5.74, 6) is 0. The average molecular weight is 141 g/mol. The van der Waals surface area contributed by atoms with E-state index in [1.165, 1.54) is 0 Å². The Hall–Kier alpha value is 0.170. The van der Waals surface area contributed by atoms with Crippen LogP contribution in [0.25, 0.3) is 0 Å². The van der Waals surface area contributed by atoms with Gasteiger partial charge in [-0.15, -0.1) is 0 Å². The highest BCUT2D eigenvalue weighted by Crippen LogP contribution is 2.00. The molecular weight excluding hydrogens is 132 g/mol. The normalized spacial score (nSPS) is 10.5. The maximum Gasteiger partial charge on any atom is 0.238 e. The van der Waals surface area contributed by atoms with Gasteiger partial charge in [0.15, 0.2) is 0 Å². The van der Waals surface area contributed by atoms with E-state index >= 15 is 0 Å². The molecule has 50 valence electrons. The van der Waals surface area contributed by atoms with E-state index in [9.17, 15) is 8.78 Å². The molecule has 0 saturated heterocycles. The van der Waals surface area contributed by atoms with E-state index in [0.29, 0.717) is 13.0 Å². The summed E-state index contributed by atoms with van der Waals surface area (Å²) in [4.78, 5) is 0. The smallest absolute Gasteiger partial charge is 0.238 e. The van der Waals surface area contributed by atoms with Crippen LogP contribution in [0.5, 0.6) is 0 Å². The van der Waals surface area contributed by atoms with E-state index in [1.807, 2.05) is 0 Å². The number of hydrogen-bond donors (Lipinski definition) is 2. The van der Waals surface area contributed by atoms with Gasteiger partial charge in [0.1, 0.15) is 0 Å². The summed E-state index contributed by atoms with van der Waals surface area (Å²) in [5.41, 5.74) is 0. The molecule has 0 aromatic heterocycles. The first-order valence-electron chi connectivity index (χ1n) is 2.42. The lowest BCUT2D eigenvalue weighted by atomic mass is 10.3. The molecule has 1 nitrogen and oxygen atoms in total. The maximum atomic E-state index is 11.3. The first-order valence-corrected chi connectivity index (χ1v) is 2.87. The van der Waals surface area contributed by atoms with Crippen LogP contribution in [0.15, 0.2) is 0 Å². The first-order chi connectivity index (χ1) is 3.77. The number of rotatable bonds is 4. The second kappa shape index (κ2) is 5.31. The van der Waals surface area contributed by atoms with E-state index in [4.69, 9.17) is 0 Å². The molecule has 4 heteroatoms. The molecule has 0 unspecified atom stereocenters. The van der Waals surface area contributed by atoms with E-state index in [-0.39, 0.29) is 6.42 Å². The Balaban J connectivity index is 2.72. The lowest BCUT2D eigenvalue weighted by molar-refractivity contribution is 0.135. The van der Waals surface area contributed by atoms with E-state index in [1.54, 1.807) is 0 Å². The van der Waals surface area contributed by atoms with Crippen LogP contribution in [0.2, 0.25) is 0 Å². The number of halogens is 2. The number of alkyl halides is 2. The minimum Gasteiger partial charge on any atom is -0.267 e. The first kappa shape index (κ1) is 8.17. The third-order valence-corrected chi connectivity index (χ3v) is 0.935. The van der Waals surface area contributed by atoms with Crippen LogP contribution in [0.3, 0.4) is 0 Å². The standard InChI is InChI=1S/C4H9F2NS/c5-4(6)2-1-3-7-8/h4,7-8H,1-3H2. The highest BCUT2D eigenvalue weighted by Gasteiger charge is 1.98. The Bertz CT molecular complexity index is 51.3. The predicted octanol–water partition coefficient (Wildman–Crippen LogP) is 1.47. The van der Waals surface area contributed by atoms with E-state index < -0.39 is 6.43 Å². The van der Waals surface area contributed by atoms with Gasteiger partial charge in [0, 0.05) is 13.0 Å². The van der Waals surface area contributed by atoms with E-state index in [0.717, 1.165) is 0 Å². The van der Waals surface area contributed by atoms with Crippen molar-refractivity contribution in [2.45, 2.75) is 19.3 Å². The van der Waals surface area contributed by atoms with Crippen molar-refractivity contribution in [3.8, 4) is 0 Å². The Morgan fingerprint density at radius 1 is 1.50 bits per heavy atom. The Morgan fingerprint density at radius 2 is 2.12 bits per heavy atom. The minimum atomic E-state index is -2.17. The highest BCUT2D eigenvalue weighted by atomic mass is 32.1. The van der Waals surface area contributed by atoms with Gasteiger partial charge in [-0.25, -0.2) is 8.78 Å². The molecular formula is C4H9F2NS. The van der Waals surface area contributed by atoms with Crippen LogP contribution < -0.4 is 4.72 Å². The summed E-state index contributed by atoms with van der Waals surface area (Å²) in [6, 6.07) is 0. The zero-order valence-corrected chi connectivity index (χ0v) is 5.30. The molecule has 0 bridgehead atoms. The minimum absolute atomic E-state index is 0.0342. The summed E-state index contributed by atoms with van der Waals surface area (Å²) >= 11 is 3.63. The maximum absolute atomic E-state index is 11.3. The van der Waals surface area contributed by atoms with Gasteiger partial charge in [-0.05, 0) is 6.42 Å². The van der Waals surface area contributed by atoms with Crippen molar-refractivity contribution >= 4 is 12.8 Å². The summed E-state index contributed by atoms with van der Waals surface area (Å²) in [7, 11) is 0. The van der Waals surface area contributed by atoms with Crippen molar-refractivity contribution < 1.29 is 8.78 Å². The van der Waals surface area contributed by atoms with Gasteiger partial charge in [-0.3, -0.25) is 4.72 Å². The van der Waals surface area contributed by atoms with Crippen molar-refractivity contribution in [3.63, 3.8) is 0 Å². The molecule has 0 radical (unpaired) electrons. The quantitative estimate of drug-likeness (QED) is 0.446. The predicted molar refractivity (Wildman–Crippen MR) is 32.2 cm³/mol. The van der Waals surface area contributed by atoms with Crippen LogP contribution in [-0.4, -0.2) is 13.0 Å². The molecule has 0 aromatic carbocycles. The Kier molecular flexibility index (Phi) is 5.42. The second-order valence-electron chi connectivity index (χ2n) is 1.44.